The van der Waals surface area contributed by atoms with Crippen LogP contribution in [0.4, 0.5) is 0 Å². The van der Waals surface area contributed by atoms with Crippen LogP contribution in [-0.4, -0.2) is 62.7 Å². The summed E-state index contributed by atoms with van der Waals surface area (Å²) < 4.78 is 0. The maximum absolute atomic E-state index is 3.30. The average molecular weight is 213 g/mol. The summed E-state index contributed by atoms with van der Waals surface area (Å²) >= 11 is 0. The van der Waals surface area contributed by atoms with E-state index in [1.165, 1.54) is 52.0 Å². The van der Waals surface area contributed by atoms with Gasteiger partial charge < -0.3 is 15.1 Å². The van der Waals surface area contributed by atoms with Crippen molar-refractivity contribution >= 4 is 0 Å². The van der Waals surface area contributed by atoms with E-state index in [1.54, 1.807) is 0 Å². The summed E-state index contributed by atoms with van der Waals surface area (Å²) in [7, 11) is 4.28. The molecule has 1 atom stereocenters. The summed E-state index contributed by atoms with van der Waals surface area (Å²) in [5.74, 6) is 0. The largest absolute Gasteiger partial charge is 0.317 e. The van der Waals surface area contributed by atoms with Crippen LogP contribution in [0.5, 0.6) is 0 Å². The highest BCUT2D eigenvalue weighted by molar-refractivity contribution is 4.68. The van der Waals surface area contributed by atoms with Gasteiger partial charge in [0.05, 0.1) is 0 Å². The van der Waals surface area contributed by atoms with Crippen LogP contribution in [0, 0.1) is 0 Å². The van der Waals surface area contributed by atoms with Crippen LogP contribution >= 0.6 is 0 Å². The molecule has 0 aromatic carbocycles. The summed E-state index contributed by atoms with van der Waals surface area (Å²) in [5.41, 5.74) is 0. The first-order chi connectivity index (χ1) is 7.22. The van der Waals surface area contributed by atoms with Gasteiger partial charge in [-0.3, -0.25) is 0 Å². The monoisotopic (exact) mass is 213 g/mol. The van der Waals surface area contributed by atoms with Crippen LogP contribution < -0.4 is 5.32 Å². The van der Waals surface area contributed by atoms with Crippen LogP contribution in [0.2, 0.25) is 0 Å². The molecule has 0 aromatic heterocycles. The summed E-state index contributed by atoms with van der Waals surface area (Å²) in [6, 6.07) is 0.666. The SMILES string of the molecule is CNC(C)CCCN1CCCN(C)CC1. The third-order valence-electron chi connectivity index (χ3n) is 3.42. The third kappa shape index (κ3) is 5.50. The Morgan fingerprint density at radius 1 is 1.20 bits per heavy atom. The van der Waals surface area contributed by atoms with Gasteiger partial charge in [-0.1, -0.05) is 0 Å². The molecule has 15 heavy (non-hydrogen) atoms. The molecule has 0 radical (unpaired) electrons. The zero-order valence-electron chi connectivity index (χ0n) is 10.6. The second-order valence-corrected chi connectivity index (χ2v) is 4.83. The lowest BCUT2D eigenvalue weighted by molar-refractivity contribution is 0.268. The molecule has 1 heterocycles. The second-order valence-electron chi connectivity index (χ2n) is 4.83. The van der Waals surface area contributed by atoms with Gasteiger partial charge in [-0.25, -0.2) is 0 Å². The van der Waals surface area contributed by atoms with E-state index in [0.29, 0.717) is 6.04 Å². The van der Waals surface area contributed by atoms with E-state index in [-0.39, 0.29) is 0 Å². The lowest BCUT2D eigenvalue weighted by Crippen LogP contribution is -2.31. The highest BCUT2D eigenvalue weighted by Gasteiger charge is 2.11. The summed E-state index contributed by atoms with van der Waals surface area (Å²) in [5, 5.41) is 3.30. The van der Waals surface area contributed by atoms with Gasteiger partial charge in [0.25, 0.3) is 0 Å². The van der Waals surface area contributed by atoms with Crippen molar-refractivity contribution in [2.45, 2.75) is 32.2 Å². The zero-order valence-corrected chi connectivity index (χ0v) is 10.6. The van der Waals surface area contributed by atoms with Crippen molar-refractivity contribution < 1.29 is 0 Å². The maximum atomic E-state index is 3.30. The number of rotatable bonds is 5. The van der Waals surface area contributed by atoms with Gasteiger partial charge in [0.1, 0.15) is 0 Å². The van der Waals surface area contributed by atoms with Gasteiger partial charge in [-0.15, -0.1) is 0 Å². The summed E-state index contributed by atoms with van der Waals surface area (Å²) in [6.45, 7) is 8.59. The van der Waals surface area contributed by atoms with E-state index < -0.39 is 0 Å². The maximum Gasteiger partial charge on any atom is 0.0109 e. The van der Waals surface area contributed by atoms with Crippen LogP contribution in [0.1, 0.15) is 26.2 Å². The first-order valence-corrected chi connectivity index (χ1v) is 6.30. The van der Waals surface area contributed by atoms with Crippen molar-refractivity contribution in [3.05, 3.63) is 0 Å². The molecule has 1 rings (SSSR count). The molecule has 3 heteroatoms. The number of hydrogen-bond acceptors (Lipinski definition) is 3. The minimum Gasteiger partial charge on any atom is -0.317 e. The molecule has 1 saturated heterocycles. The Labute approximate surface area is 94.8 Å². The highest BCUT2D eigenvalue weighted by atomic mass is 15.2. The molecule has 0 saturated carbocycles. The first kappa shape index (κ1) is 12.9. The van der Waals surface area contributed by atoms with Crippen LogP contribution in [0.15, 0.2) is 0 Å². The molecule has 1 aliphatic heterocycles. The summed E-state index contributed by atoms with van der Waals surface area (Å²) in [4.78, 5) is 5.06. The average Bonchev–Trinajstić information content (AvgIpc) is 2.43. The van der Waals surface area contributed by atoms with Gasteiger partial charge in [0.15, 0.2) is 0 Å². The minimum atomic E-state index is 0.666. The van der Waals surface area contributed by atoms with Crippen molar-refractivity contribution in [2.75, 3.05) is 46.8 Å². The molecule has 0 aromatic rings. The third-order valence-corrected chi connectivity index (χ3v) is 3.42. The number of nitrogens with one attached hydrogen (secondary N) is 1. The van der Waals surface area contributed by atoms with Gasteiger partial charge in [-0.05, 0) is 59.9 Å². The van der Waals surface area contributed by atoms with Gasteiger partial charge in [-0.2, -0.15) is 0 Å². The molecule has 0 aliphatic carbocycles. The fraction of sp³-hybridized carbons (Fsp3) is 1.00. The van der Waals surface area contributed by atoms with Crippen molar-refractivity contribution in [2.24, 2.45) is 0 Å². The Kier molecular flexibility index (Phi) is 6.22. The van der Waals surface area contributed by atoms with Crippen LogP contribution in [0.25, 0.3) is 0 Å². The molecule has 0 amide bonds. The van der Waals surface area contributed by atoms with Crippen LogP contribution in [-0.2, 0) is 0 Å². The molecule has 90 valence electrons. The molecule has 1 fully saturated rings. The summed E-state index contributed by atoms with van der Waals surface area (Å²) in [6.07, 6.45) is 3.95. The van der Waals surface area contributed by atoms with Crippen molar-refractivity contribution in [3.8, 4) is 0 Å². The molecule has 1 unspecified atom stereocenters. The van der Waals surface area contributed by atoms with Gasteiger partial charge in [0.2, 0.25) is 0 Å². The van der Waals surface area contributed by atoms with E-state index in [4.69, 9.17) is 0 Å². The second kappa shape index (κ2) is 7.20. The Morgan fingerprint density at radius 3 is 2.73 bits per heavy atom. The van der Waals surface area contributed by atoms with E-state index in [2.05, 4.69) is 29.1 Å². The Morgan fingerprint density at radius 2 is 2.00 bits per heavy atom. The van der Waals surface area contributed by atoms with Crippen molar-refractivity contribution in [1.82, 2.24) is 15.1 Å². The first-order valence-electron chi connectivity index (χ1n) is 6.30. The lowest BCUT2D eigenvalue weighted by atomic mass is 10.2. The van der Waals surface area contributed by atoms with Crippen molar-refractivity contribution in [1.29, 1.82) is 0 Å². The predicted molar refractivity (Wildman–Crippen MR) is 66.3 cm³/mol. The van der Waals surface area contributed by atoms with E-state index in [1.807, 2.05) is 7.05 Å². The minimum absolute atomic E-state index is 0.666. The van der Waals surface area contributed by atoms with E-state index in [9.17, 15) is 0 Å². The molecular weight excluding hydrogens is 186 g/mol. The predicted octanol–water partition coefficient (Wildman–Crippen LogP) is 1.01. The van der Waals surface area contributed by atoms with E-state index >= 15 is 0 Å². The normalized spacial score (nSPS) is 22.6. The van der Waals surface area contributed by atoms with E-state index in [0.717, 1.165) is 0 Å². The molecule has 1 N–H and O–H groups in total. The number of hydrogen-bond donors (Lipinski definition) is 1. The molecule has 0 bridgehead atoms. The standard InChI is InChI=1S/C12H27N3/c1-12(13-2)6-4-8-15-9-5-7-14(3)10-11-15/h12-13H,4-11H2,1-3H3. The fourth-order valence-corrected chi connectivity index (χ4v) is 2.09. The fourth-order valence-electron chi connectivity index (χ4n) is 2.09. The van der Waals surface area contributed by atoms with Gasteiger partial charge >= 0.3 is 0 Å². The zero-order chi connectivity index (χ0) is 11.1. The number of nitrogens with zero attached hydrogens (tertiary/aromatic N) is 2. The molecule has 1 aliphatic rings. The highest BCUT2D eigenvalue weighted by Crippen LogP contribution is 2.04. The Hall–Kier alpha value is -0.120. The van der Waals surface area contributed by atoms with Gasteiger partial charge in [0, 0.05) is 19.1 Å². The van der Waals surface area contributed by atoms with Crippen molar-refractivity contribution in [3.63, 3.8) is 0 Å². The quantitative estimate of drug-likeness (QED) is 0.735. The van der Waals surface area contributed by atoms with Crippen LogP contribution in [0.3, 0.4) is 0 Å². The Bertz CT molecular complexity index is 161. The number of likely N-dealkylation sites (N-methyl/N-ethyl adjacent to an activating group) is 1. The Balaban J connectivity index is 2.10. The molecular formula is C12H27N3. The topological polar surface area (TPSA) is 18.5 Å². The smallest absolute Gasteiger partial charge is 0.0109 e. The lowest BCUT2D eigenvalue weighted by Gasteiger charge is -2.20. The molecule has 3 nitrogen and oxygen atoms in total. The molecule has 0 spiro atoms.